The van der Waals surface area contributed by atoms with Crippen LogP contribution in [0.2, 0.25) is 0 Å². The highest BCUT2D eigenvalue weighted by molar-refractivity contribution is 5.40. The number of anilines is 1. The number of nitrogens with zero attached hydrogens (tertiary/aromatic N) is 3. The van der Waals surface area contributed by atoms with Crippen LogP contribution in [0.3, 0.4) is 0 Å². The highest BCUT2D eigenvalue weighted by Crippen LogP contribution is 2.47. The van der Waals surface area contributed by atoms with Gasteiger partial charge in [-0.15, -0.1) is 0 Å². The van der Waals surface area contributed by atoms with Crippen LogP contribution in [-0.2, 0) is 11.3 Å². The molecule has 0 bridgehead atoms. The van der Waals surface area contributed by atoms with Gasteiger partial charge in [-0.05, 0) is 25.2 Å². The average molecular weight is 277 g/mol. The summed E-state index contributed by atoms with van der Waals surface area (Å²) >= 11 is 0. The third-order valence-electron chi connectivity index (χ3n) is 4.74. The standard InChI is InChI=1S/C15H23N3O2/c1-11-8-18(6-5-15(11,19)12-3-4-12)14-7-13(9-20-2)16-10-17-14/h7,10-12,19H,3-6,8-9H2,1-2H3/t11-,15+/m1/s1. The van der Waals surface area contributed by atoms with Crippen LogP contribution in [0.25, 0.3) is 0 Å². The van der Waals surface area contributed by atoms with E-state index in [0.717, 1.165) is 31.0 Å². The van der Waals surface area contributed by atoms with Gasteiger partial charge in [0.05, 0.1) is 17.9 Å². The fourth-order valence-electron chi connectivity index (χ4n) is 3.32. The molecule has 2 aliphatic rings. The molecule has 5 heteroatoms. The second kappa shape index (κ2) is 5.30. The summed E-state index contributed by atoms with van der Waals surface area (Å²) in [5.74, 6) is 1.75. The van der Waals surface area contributed by atoms with Gasteiger partial charge in [-0.2, -0.15) is 0 Å². The minimum Gasteiger partial charge on any atom is -0.389 e. The molecule has 1 aliphatic carbocycles. The molecule has 0 spiro atoms. The van der Waals surface area contributed by atoms with Crippen LogP contribution < -0.4 is 4.90 Å². The van der Waals surface area contributed by atoms with Crippen molar-refractivity contribution in [2.75, 3.05) is 25.1 Å². The van der Waals surface area contributed by atoms with Crippen LogP contribution in [0.15, 0.2) is 12.4 Å². The Labute approximate surface area is 120 Å². The molecule has 3 rings (SSSR count). The lowest BCUT2D eigenvalue weighted by Crippen LogP contribution is -2.52. The van der Waals surface area contributed by atoms with Crippen LogP contribution >= 0.6 is 0 Å². The van der Waals surface area contributed by atoms with Crippen molar-refractivity contribution in [1.82, 2.24) is 9.97 Å². The Morgan fingerprint density at radius 2 is 2.25 bits per heavy atom. The second-order valence-corrected chi connectivity index (χ2v) is 6.16. The number of aliphatic hydroxyl groups is 1. The van der Waals surface area contributed by atoms with Gasteiger partial charge in [0.15, 0.2) is 0 Å². The molecule has 5 nitrogen and oxygen atoms in total. The molecule has 0 unspecified atom stereocenters. The minimum atomic E-state index is -0.459. The predicted octanol–water partition coefficient (Wildman–Crippen LogP) is 1.61. The zero-order valence-electron chi connectivity index (χ0n) is 12.2. The number of aromatic nitrogens is 2. The third-order valence-corrected chi connectivity index (χ3v) is 4.74. The smallest absolute Gasteiger partial charge is 0.132 e. The summed E-state index contributed by atoms with van der Waals surface area (Å²) in [5, 5.41) is 10.8. The van der Waals surface area contributed by atoms with Gasteiger partial charge in [-0.25, -0.2) is 9.97 Å². The zero-order valence-corrected chi connectivity index (χ0v) is 12.2. The fraction of sp³-hybridized carbons (Fsp3) is 0.733. The Hall–Kier alpha value is -1.20. The summed E-state index contributed by atoms with van der Waals surface area (Å²) in [7, 11) is 1.67. The summed E-state index contributed by atoms with van der Waals surface area (Å²) in [6, 6.07) is 1.98. The first-order valence-electron chi connectivity index (χ1n) is 7.40. The van der Waals surface area contributed by atoms with Crippen LogP contribution in [0.4, 0.5) is 5.82 Å². The lowest BCUT2D eigenvalue weighted by molar-refractivity contribution is -0.0470. The molecule has 1 aliphatic heterocycles. The molecule has 1 saturated heterocycles. The number of rotatable bonds is 4. The number of ether oxygens (including phenoxy) is 1. The van der Waals surface area contributed by atoms with E-state index in [1.165, 1.54) is 12.8 Å². The van der Waals surface area contributed by atoms with Crippen molar-refractivity contribution in [3.05, 3.63) is 18.1 Å². The first kappa shape index (κ1) is 13.8. The van der Waals surface area contributed by atoms with Crippen molar-refractivity contribution in [2.24, 2.45) is 11.8 Å². The van der Waals surface area contributed by atoms with E-state index in [4.69, 9.17) is 4.74 Å². The second-order valence-electron chi connectivity index (χ2n) is 6.16. The normalized spacial score (nSPS) is 30.6. The summed E-state index contributed by atoms with van der Waals surface area (Å²) in [6.45, 7) is 4.38. The summed E-state index contributed by atoms with van der Waals surface area (Å²) in [4.78, 5) is 10.8. The Morgan fingerprint density at radius 3 is 2.90 bits per heavy atom. The van der Waals surface area contributed by atoms with Gasteiger partial charge in [0.2, 0.25) is 0 Å². The lowest BCUT2D eigenvalue weighted by Gasteiger charge is -2.44. The Kier molecular flexibility index (Phi) is 3.65. The van der Waals surface area contributed by atoms with Gasteiger partial charge >= 0.3 is 0 Å². The van der Waals surface area contributed by atoms with Crippen molar-refractivity contribution >= 4 is 5.82 Å². The topological polar surface area (TPSA) is 58.5 Å². The number of piperidine rings is 1. The zero-order chi connectivity index (χ0) is 14.2. The quantitative estimate of drug-likeness (QED) is 0.906. The Bertz CT molecular complexity index is 478. The first-order valence-corrected chi connectivity index (χ1v) is 7.40. The van der Waals surface area contributed by atoms with E-state index in [2.05, 4.69) is 21.8 Å². The van der Waals surface area contributed by atoms with Crippen molar-refractivity contribution < 1.29 is 9.84 Å². The highest BCUT2D eigenvalue weighted by Gasteiger charge is 2.49. The van der Waals surface area contributed by atoms with E-state index in [1.807, 2.05) is 6.07 Å². The Morgan fingerprint density at radius 1 is 1.45 bits per heavy atom. The van der Waals surface area contributed by atoms with E-state index < -0.39 is 5.60 Å². The summed E-state index contributed by atoms with van der Waals surface area (Å²) in [6.07, 6.45) is 4.80. The van der Waals surface area contributed by atoms with Crippen molar-refractivity contribution in [3.63, 3.8) is 0 Å². The van der Waals surface area contributed by atoms with E-state index in [1.54, 1.807) is 13.4 Å². The van der Waals surface area contributed by atoms with E-state index in [-0.39, 0.29) is 5.92 Å². The van der Waals surface area contributed by atoms with Crippen LogP contribution in [0, 0.1) is 11.8 Å². The summed E-state index contributed by atoms with van der Waals surface area (Å²) in [5.41, 5.74) is 0.437. The van der Waals surface area contributed by atoms with Gasteiger partial charge in [-0.3, -0.25) is 0 Å². The predicted molar refractivity (Wildman–Crippen MR) is 76.4 cm³/mol. The highest BCUT2D eigenvalue weighted by atomic mass is 16.5. The number of hydrogen-bond donors (Lipinski definition) is 1. The van der Waals surface area contributed by atoms with Gasteiger partial charge in [0.25, 0.3) is 0 Å². The van der Waals surface area contributed by atoms with Crippen molar-refractivity contribution in [1.29, 1.82) is 0 Å². The van der Waals surface area contributed by atoms with Gasteiger partial charge in [0, 0.05) is 32.2 Å². The molecular weight excluding hydrogens is 254 g/mol. The molecule has 1 aromatic rings. The maximum absolute atomic E-state index is 10.8. The van der Waals surface area contributed by atoms with E-state index in [0.29, 0.717) is 12.5 Å². The maximum Gasteiger partial charge on any atom is 0.132 e. The van der Waals surface area contributed by atoms with E-state index >= 15 is 0 Å². The molecule has 20 heavy (non-hydrogen) atoms. The third kappa shape index (κ3) is 2.52. The van der Waals surface area contributed by atoms with Gasteiger partial charge in [-0.1, -0.05) is 6.92 Å². The molecule has 0 amide bonds. The lowest BCUT2D eigenvalue weighted by atomic mass is 9.78. The largest absolute Gasteiger partial charge is 0.389 e. The average Bonchev–Trinajstić information content (AvgIpc) is 3.27. The molecule has 0 radical (unpaired) electrons. The molecule has 1 aromatic heterocycles. The fourth-order valence-corrected chi connectivity index (χ4v) is 3.32. The first-order chi connectivity index (χ1) is 9.63. The SMILES string of the molecule is COCc1cc(N2CC[C@@](O)(C3CC3)[C@H](C)C2)ncn1. The van der Waals surface area contributed by atoms with Gasteiger partial charge < -0.3 is 14.7 Å². The molecule has 1 N–H and O–H groups in total. The monoisotopic (exact) mass is 277 g/mol. The van der Waals surface area contributed by atoms with Crippen molar-refractivity contribution in [3.8, 4) is 0 Å². The van der Waals surface area contributed by atoms with Crippen LogP contribution in [-0.4, -0.2) is 40.9 Å². The number of methoxy groups -OCH3 is 1. The van der Waals surface area contributed by atoms with Crippen LogP contribution in [0.1, 0.15) is 31.9 Å². The van der Waals surface area contributed by atoms with Crippen LogP contribution in [0.5, 0.6) is 0 Å². The molecule has 110 valence electrons. The molecule has 2 fully saturated rings. The maximum atomic E-state index is 10.8. The molecule has 0 aromatic carbocycles. The van der Waals surface area contributed by atoms with E-state index in [9.17, 15) is 5.11 Å². The minimum absolute atomic E-state index is 0.282. The molecular formula is C15H23N3O2. The molecule has 2 atom stereocenters. The summed E-state index contributed by atoms with van der Waals surface area (Å²) < 4.78 is 5.12. The number of hydrogen-bond acceptors (Lipinski definition) is 5. The van der Waals surface area contributed by atoms with Gasteiger partial charge in [0.1, 0.15) is 12.1 Å². The molecule has 2 heterocycles. The molecule has 1 saturated carbocycles. The van der Waals surface area contributed by atoms with Crippen molar-refractivity contribution in [2.45, 2.75) is 38.4 Å². The Balaban J connectivity index is 1.71.